The number of aromatic nitrogens is 1. The average molecular weight is 342 g/mol. The Balaban J connectivity index is 1.65. The molecule has 0 amide bonds. The van der Waals surface area contributed by atoms with Gasteiger partial charge in [-0.3, -0.25) is 0 Å². The Labute approximate surface area is 138 Å². The zero-order valence-corrected chi connectivity index (χ0v) is 13.9. The van der Waals surface area contributed by atoms with Gasteiger partial charge in [0, 0.05) is 29.9 Å². The Hall–Kier alpha value is -0.650. The molecule has 112 valence electrons. The number of piperidine rings is 1. The molecule has 1 aromatic carbocycles. The van der Waals surface area contributed by atoms with Gasteiger partial charge in [0.05, 0.1) is 16.4 Å². The summed E-state index contributed by atoms with van der Waals surface area (Å²) in [6, 6.07) is 5.57. The van der Waals surface area contributed by atoms with E-state index in [1.54, 1.807) is 17.4 Å². The molecule has 0 radical (unpaired) electrons. The Bertz CT molecular complexity index is 609. The molecule has 0 atom stereocenters. The van der Waals surface area contributed by atoms with Crippen LogP contribution in [0.1, 0.15) is 24.3 Å². The Kier molecular flexibility index (Phi) is 5.14. The Morgan fingerprint density at radius 1 is 1.19 bits per heavy atom. The summed E-state index contributed by atoms with van der Waals surface area (Å²) in [6.07, 6.45) is 5.77. The van der Waals surface area contributed by atoms with E-state index < -0.39 is 0 Å². The first-order valence-electron chi connectivity index (χ1n) is 7.11. The maximum atomic E-state index is 6.24. The van der Waals surface area contributed by atoms with Crippen molar-refractivity contribution < 1.29 is 0 Å². The van der Waals surface area contributed by atoms with Crippen molar-refractivity contribution in [1.82, 2.24) is 15.4 Å². The van der Waals surface area contributed by atoms with Crippen molar-refractivity contribution in [2.45, 2.75) is 25.8 Å². The lowest BCUT2D eigenvalue weighted by Gasteiger charge is -2.26. The molecule has 2 aromatic rings. The minimum absolute atomic E-state index is 0.653. The van der Waals surface area contributed by atoms with Crippen molar-refractivity contribution >= 4 is 34.5 Å². The second-order valence-electron chi connectivity index (χ2n) is 5.13. The lowest BCUT2D eigenvalue weighted by molar-refractivity contribution is 0.151. The highest BCUT2D eigenvalue weighted by Gasteiger charge is 2.12. The summed E-state index contributed by atoms with van der Waals surface area (Å²) in [5.74, 6) is 0. The van der Waals surface area contributed by atoms with Crippen LogP contribution < -0.4 is 5.43 Å². The van der Waals surface area contributed by atoms with Gasteiger partial charge in [-0.05, 0) is 25.0 Å². The van der Waals surface area contributed by atoms with Gasteiger partial charge in [0.15, 0.2) is 0 Å². The molecule has 0 saturated carbocycles. The Morgan fingerprint density at radius 3 is 2.76 bits per heavy atom. The smallest absolute Gasteiger partial charge is 0.108 e. The van der Waals surface area contributed by atoms with Crippen molar-refractivity contribution in [3.05, 3.63) is 39.4 Å². The standard InChI is InChI=1S/C15H17Cl2N3S/c16-11-4-5-12(13(17)8-11)14-9-18-15(21-14)10-19-20-6-2-1-3-7-20/h4-5,8-9,19H,1-3,6-7,10H2. The number of nitrogens with zero attached hydrogens (tertiary/aromatic N) is 2. The third-order valence-corrected chi connectivity index (χ3v) is 5.14. The summed E-state index contributed by atoms with van der Waals surface area (Å²) in [6.45, 7) is 3.03. The van der Waals surface area contributed by atoms with E-state index in [1.807, 2.05) is 18.3 Å². The van der Waals surface area contributed by atoms with Crippen LogP contribution in [0.15, 0.2) is 24.4 Å². The molecule has 1 N–H and O–H groups in total. The summed E-state index contributed by atoms with van der Waals surface area (Å²) in [5, 5.41) is 4.68. The largest absolute Gasteiger partial charge is 0.248 e. The number of nitrogens with one attached hydrogen (secondary N) is 1. The molecule has 1 saturated heterocycles. The highest BCUT2D eigenvalue weighted by atomic mass is 35.5. The number of rotatable bonds is 4. The van der Waals surface area contributed by atoms with Gasteiger partial charge in [-0.25, -0.2) is 15.4 Å². The number of hydrazine groups is 1. The SMILES string of the molecule is Clc1ccc(-c2cnc(CNN3CCCCC3)s2)c(Cl)c1. The van der Waals surface area contributed by atoms with Crippen molar-refractivity contribution in [2.24, 2.45) is 0 Å². The minimum atomic E-state index is 0.653. The van der Waals surface area contributed by atoms with E-state index in [9.17, 15) is 0 Å². The molecule has 0 aliphatic carbocycles. The highest BCUT2D eigenvalue weighted by molar-refractivity contribution is 7.15. The minimum Gasteiger partial charge on any atom is -0.248 e. The van der Waals surface area contributed by atoms with Gasteiger partial charge in [-0.2, -0.15) is 0 Å². The van der Waals surface area contributed by atoms with E-state index in [4.69, 9.17) is 23.2 Å². The fourth-order valence-electron chi connectivity index (χ4n) is 2.44. The van der Waals surface area contributed by atoms with Crippen LogP contribution in [-0.4, -0.2) is 23.1 Å². The average Bonchev–Trinajstić information content (AvgIpc) is 2.95. The number of hydrogen-bond donors (Lipinski definition) is 1. The maximum Gasteiger partial charge on any atom is 0.108 e. The number of halogens is 2. The lowest BCUT2D eigenvalue weighted by Crippen LogP contribution is -2.41. The van der Waals surface area contributed by atoms with Gasteiger partial charge in [-0.15, -0.1) is 11.3 Å². The summed E-state index contributed by atoms with van der Waals surface area (Å²) in [7, 11) is 0. The molecule has 1 aliphatic heterocycles. The molecule has 3 nitrogen and oxygen atoms in total. The van der Waals surface area contributed by atoms with Crippen LogP contribution in [-0.2, 0) is 6.54 Å². The molecule has 21 heavy (non-hydrogen) atoms. The van der Waals surface area contributed by atoms with E-state index in [1.165, 1.54) is 19.3 Å². The predicted octanol–water partition coefficient (Wildman–Crippen LogP) is 4.61. The van der Waals surface area contributed by atoms with Gasteiger partial charge < -0.3 is 0 Å². The highest BCUT2D eigenvalue weighted by Crippen LogP contribution is 2.33. The summed E-state index contributed by atoms with van der Waals surface area (Å²) >= 11 is 13.8. The monoisotopic (exact) mass is 341 g/mol. The van der Waals surface area contributed by atoms with Gasteiger partial charge in [0.2, 0.25) is 0 Å². The summed E-state index contributed by atoms with van der Waals surface area (Å²) < 4.78 is 0. The van der Waals surface area contributed by atoms with E-state index in [-0.39, 0.29) is 0 Å². The fraction of sp³-hybridized carbons (Fsp3) is 0.400. The fourth-order valence-corrected chi connectivity index (χ4v) is 3.89. The van der Waals surface area contributed by atoms with E-state index in [0.29, 0.717) is 10.0 Å². The Morgan fingerprint density at radius 2 is 2.00 bits per heavy atom. The topological polar surface area (TPSA) is 28.2 Å². The van der Waals surface area contributed by atoms with Gasteiger partial charge in [-0.1, -0.05) is 35.7 Å². The first kappa shape index (κ1) is 15.3. The van der Waals surface area contributed by atoms with Gasteiger partial charge >= 0.3 is 0 Å². The molecule has 2 heterocycles. The molecule has 0 spiro atoms. The van der Waals surface area contributed by atoms with Crippen molar-refractivity contribution in [3.8, 4) is 10.4 Å². The number of hydrogen-bond acceptors (Lipinski definition) is 4. The summed E-state index contributed by atoms with van der Waals surface area (Å²) in [5.41, 5.74) is 4.44. The summed E-state index contributed by atoms with van der Waals surface area (Å²) in [4.78, 5) is 5.55. The molecular weight excluding hydrogens is 325 g/mol. The van der Waals surface area contributed by atoms with Crippen molar-refractivity contribution in [1.29, 1.82) is 0 Å². The maximum absolute atomic E-state index is 6.24. The second kappa shape index (κ2) is 7.07. The van der Waals surface area contributed by atoms with Gasteiger partial charge in [0.1, 0.15) is 5.01 Å². The predicted molar refractivity (Wildman–Crippen MR) is 89.8 cm³/mol. The van der Waals surface area contributed by atoms with E-state index in [0.717, 1.165) is 35.1 Å². The third kappa shape index (κ3) is 3.96. The molecule has 1 aromatic heterocycles. The van der Waals surface area contributed by atoms with Crippen LogP contribution >= 0.6 is 34.5 Å². The van der Waals surface area contributed by atoms with Crippen LogP contribution in [0.25, 0.3) is 10.4 Å². The molecule has 1 aliphatic rings. The zero-order valence-electron chi connectivity index (χ0n) is 11.6. The first-order chi connectivity index (χ1) is 10.2. The molecule has 3 rings (SSSR count). The normalized spacial score (nSPS) is 16.3. The number of thiazole rings is 1. The van der Waals surface area contributed by atoms with Gasteiger partial charge in [0.25, 0.3) is 0 Å². The zero-order chi connectivity index (χ0) is 14.7. The molecule has 0 bridgehead atoms. The van der Waals surface area contributed by atoms with Crippen LogP contribution in [0.4, 0.5) is 0 Å². The quantitative estimate of drug-likeness (QED) is 0.880. The lowest BCUT2D eigenvalue weighted by atomic mass is 10.2. The number of benzene rings is 1. The van der Waals surface area contributed by atoms with Crippen molar-refractivity contribution in [3.63, 3.8) is 0 Å². The molecule has 6 heteroatoms. The second-order valence-corrected chi connectivity index (χ2v) is 7.08. The van der Waals surface area contributed by atoms with Crippen LogP contribution in [0.5, 0.6) is 0 Å². The molecule has 0 unspecified atom stereocenters. The van der Waals surface area contributed by atoms with Crippen molar-refractivity contribution in [2.75, 3.05) is 13.1 Å². The molecule has 1 fully saturated rings. The third-order valence-electron chi connectivity index (χ3n) is 3.56. The van der Waals surface area contributed by atoms with Crippen LogP contribution in [0.3, 0.4) is 0 Å². The molecular formula is C15H17Cl2N3S. The van der Waals surface area contributed by atoms with Crippen LogP contribution in [0, 0.1) is 0 Å². The van der Waals surface area contributed by atoms with E-state index >= 15 is 0 Å². The first-order valence-corrected chi connectivity index (χ1v) is 8.68. The van der Waals surface area contributed by atoms with Crippen LogP contribution in [0.2, 0.25) is 10.0 Å². The van der Waals surface area contributed by atoms with E-state index in [2.05, 4.69) is 15.4 Å².